The largest absolute Gasteiger partial charge is 0.497 e. The van der Waals surface area contributed by atoms with Gasteiger partial charge in [-0.1, -0.05) is 23.7 Å². The number of carbonyl (C=O) groups is 1. The zero-order chi connectivity index (χ0) is 22.7. The van der Waals surface area contributed by atoms with Crippen LogP contribution in [0.1, 0.15) is 12.5 Å². The van der Waals surface area contributed by atoms with Crippen LogP contribution in [0.25, 0.3) is 11.3 Å². The lowest BCUT2D eigenvalue weighted by Gasteiger charge is -2.14. The number of para-hydroxylation sites is 1. The number of hydrogen-bond acceptors (Lipinski definition) is 6. The van der Waals surface area contributed by atoms with Crippen LogP contribution in [0.15, 0.2) is 54.6 Å². The molecule has 32 heavy (non-hydrogen) atoms. The van der Waals surface area contributed by atoms with Gasteiger partial charge in [0.05, 0.1) is 35.4 Å². The van der Waals surface area contributed by atoms with E-state index in [2.05, 4.69) is 10.4 Å². The molecule has 3 aromatic rings. The van der Waals surface area contributed by atoms with E-state index in [-0.39, 0.29) is 24.2 Å². The Balaban J connectivity index is 1.56. The standard InChI is InChI=1S/C22H22ClN3O5S/c1-30-17-8-6-15(7-9-17)19-12-21(26(25-19)16-10-11-32(28,29)14-16)24-22(27)13-31-20-5-3-2-4-18(20)23/h2-9,12,16H,10-11,13-14H2,1H3,(H,24,27)/t16-/m1/s1. The summed E-state index contributed by atoms with van der Waals surface area (Å²) >= 11 is 6.06. The van der Waals surface area contributed by atoms with E-state index in [9.17, 15) is 13.2 Å². The van der Waals surface area contributed by atoms with Crippen LogP contribution < -0.4 is 14.8 Å². The second-order valence-electron chi connectivity index (χ2n) is 7.41. The number of hydrogen-bond donors (Lipinski definition) is 1. The van der Waals surface area contributed by atoms with Gasteiger partial charge < -0.3 is 14.8 Å². The highest BCUT2D eigenvalue weighted by atomic mass is 35.5. The summed E-state index contributed by atoms with van der Waals surface area (Å²) < 4.78 is 36.3. The summed E-state index contributed by atoms with van der Waals surface area (Å²) in [6.45, 7) is -0.254. The molecular weight excluding hydrogens is 454 g/mol. The van der Waals surface area contributed by atoms with Gasteiger partial charge in [-0.25, -0.2) is 13.1 Å². The Morgan fingerprint density at radius 2 is 1.97 bits per heavy atom. The molecule has 0 spiro atoms. The molecule has 1 aromatic heterocycles. The molecule has 1 aliphatic rings. The maximum absolute atomic E-state index is 12.6. The Morgan fingerprint density at radius 1 is 1.22 bits per heavy atom. The zero-order valence-electron chi connectivity index (χ0n) is 17.3. The molecule has 1 fully saturated rings. The highest BCUT2D eigenvalue weighted by molar-refractivity contribution is 7.91. The van der Waals surface area contributed by atoms with E-state index in [1.165, 1.54) is 0 Å². The molecule has 168 valence electrons. The van der Waals surface area contributed by atoms with Gasteiger partial charge in [-0.15, -0.1) is 0 Å². The molecule has 0 aliphatic carbocycles. The Kier molecular flexibility index (Phi) is 6.38. The first-order valence-electron chi connectivity index (χ1n) is 9.96. The number of nitrogens with zero attached hydrogens (tertiary/aromatic N) is 2. The lowest BCUT2D eigenvalue weighted by molar-refractivity contribution is -0.118. The molecule has 1 N–H and O–H groups in total. The smallest absolute Gasteiger partial charge is 0.263 e. The SMILES string of the molecule is COc1ccc(-c2cc(NC(=O)COc3ccccc3Cl)n([C@@H]3CCS(=O)(=O)C3)n2)cc1. The summed E-state index contributed by atoms with van der Waals surface area (Å²) in [6, 6.07) is 15.6. The minimum Gasteiger partial charge on any atom is -0.497 e. The van der Waals surface area contributed by atoms with E-state index in [1.54, 1.807) is 42.1 Å². The van der Waals surface area contributed by atoms with Crippen molar-refractivity contribution in [3.8, 4) is 22.8 Å². The molecule has 0 radical (unpaired) electrons. The molecule has 0 saturated carbocycles. The van der Waals surface area contributed by atoms with Gasteiger partial charge in [0.25, 0.3) is 5.91 Å². The second-order valence-corrected chi connectivity index (χ2v) is 10.0. The van der Waals surface area contributed by atoms with Crippen LogP contribution in [0.3, 0.4) is 0 Å². The maximum atomic E-state index is 12.6. The first-order chi connectivity index (χ1) is 15.3. The molecule has 1 atom stereocenters. The highest BCUT2D eigenvalue weighted by Gasteiger charge is 2.31. The van der Waals surface area contributed by atoms with Crippen LogP contribution in [0.5, 0.6) is 11.5 Å². The second kappa shape index (κ2) is 9.22. The molecule has 10 heteroatoms. The fourth-order valence-corrected chi connectivity index (χ4v) is 5.40. The Labute approximate surface area is 191 Å². The van der Waals surface area contributed by atoms with Crippen molar-refractivity contribution in [1.82, 2.24) is 9.78 Å². The summed E-state index contributed by atoms with van der Waals surface area (Å²) in [4.78, 5) is 12.6. The van der Waals surface area contributed by atoms with Gasteiger partial charge >= 0.3 is 0 Å². The summed E-state index contributed by atoms with van der Waals surface area (Å²) in [5.74, 6) is 1.19. The molecule has 2 heterocycles. The van der Waals surface area contributed by atoms with Crippen LogP contribution >= 0.6 is 11.6 Å². The molecular formula is C22H22ClN3O5S. The van der Waals surface area contributed by atoms with Crippen molar-refractivity contribution in [1.29, 1.82) is 0 Å². The van der Waals surface area contributed by atoms with Crippen molar-refractivity contribution >= 4 is 33.2 Å². The van der Waals surface area contributed by atoms with Gasteiger partial charge in [0, 0.05) is 11.6 Å². The number of nitrogens with one attached hydrogen (secondary N) is 1. The number of ether oxygens (including phenoxy) is 2. The molecule has 1 saturated heterocycles. The van der Waals surface area contributed by atoms with Crippen LogP contribution in [0.2, 0.25) is 5.02 Å². The number of carbonyl (C=O) groups excluding carboxylic acids is 1. The number of sulfone groups is 1. The number of methoxy groups -OCH3 is 1. The van der Waals surface area contributed by atoms with Gasteiger partial charge in [0.2, 0.25) is 0 Å². The number of aromatic nitrogens is 2. The highest BCUT2D eigenvalue weighted by Crippen LogP contribution is 2.31. The van der Waals surface area contributed by atoms with Crippen molar-refractivity contribution < 1.29 is 22.7 Å². The lowest BCUT2D eigenvalue weighted by Crippen LogP contribution is -2.23. The first-order valence-corrected chi connectivity index (χ1v) is 12.2. The Morgan fingerprint density at radius 3 is 2.62 bits per heavy atom. The van der Waals surface area contributed by atoms with E-state index >= 15 is 0 Å². The predicted molar refractivity (Wildman–Crippen MR) is 122 cm³/mol. The minimum absolute atomic E-state index is 0.0181. The quantitative estimate of drug-likeness (QED) is 0.560. The molecule has 1 amide bonds. The molecule has 0 unspecified atom stereocenters. The number of benzene rings is 2. The number of anilines is 1. The third-order valence-corrected chi connectivity index (χ3v) is 7.20. The van der Waals surface area contributed by atoms with Crippen molar-refractivity contribution in [3.05, 3.63) is 59.6 Å². The first kappa shape index (κ1) is 22.2. The number of halogens is 1. The summed E-state index contributed by atoms with van der Waals surface area (Å²) in [5.41, 5.74) is 1.42. The van der Waals surface area contributed by atoms with E-state index in [4.69, 9.17) is 21.1 Å². The Hall–Kier alpha value is -3.04. The van der Waals surface area contributed by atoms with E-state index in [0.29, 0.717) is 34.5 Å². The van der Waals surface area contributed by atoms with Crippen LogP contribution in [-0.4, -0.2) is 49.3 Å². The minimum atomic E-state index is -3.13. The van der Waals surface area contributed by atoms with Gasteiger partial charge in [0.1, 0.15) is 17.3 Å². The van der Waals surface area contributed by atoms with Crippen LogP contribution in [0, 0.1) is 0 Å². The van der Waals surface area contributed by atoms with Gasteiger partial charge in [-0.3, -0.25) is 4.79 Å². The average Bonchev–Trinajstić information content (AvgIpc) is 3.36. The fourth-order valence-electron chi connectivity index (χ4n) is 3.52. The monoisotopic (exact) mass is 475 g/mol. The molecule has 1 aliphatic heterocycles. The van der Waals surface area contributed by atoms with Crippen molar-refractivity contribution in [2.24, 2.45) is 0 Å². The van der Waals surface area contributed by atoms with Crippen molar-refractivity contribution in [3.63, 3.8) is 0 Å². The molecule has 8 nitrogen and oxygen atoms in total. The molecule has 0 bridgehead atoms. The third kappa shape index (κ3) is 5.05. The third-order valence-electron chi connectivity index (χ3n) is 5.14. The summed E-state index contributed by atoms with van der Waals surface area (Å²) in [6.07, 6.45) is 0.436. The molecule has 2 aromatic carbocycles. The number of amides is 1. The van der Waals surface area contributed by atoms with Crippen molar-refractivity contribution in [2.75, 3.05) is 30.5 Å². The average molecular weight is 476 g/mol. The molecule has 4 rings (SSSR count). The van der Waals surface area contributed by atoms with Crippen LogP contribution in [0.4, 0.5) is 5.82 Å². The number of rotatable bonds is 7. The summed E-state index contributed by atoms with van der Waals surface area (Å²) in [7, 11) is -1.55. The van der Waals surface area contributed by atoms with E-state index < -0.39 is 15.7 Å². The fraction of sp³-hybridized carbons (Fsp3) is 0.273. The zero-order valence-corrected chi connectivity index (χ0v) is 18.9. The van der Waals surface area contributed by atoms with E-state index in [0.717, 1.165) is 5.56 Å². The predicted octanol–water partition coefficient (Wildman–Crippen LogP) is 3.59. The van der Waals surface area contributed by atoms with E-state index in [1.807, 2.05) is 24.3 Å². The topological polar surface area (TPSA) is 99.5 Å². The van der Waals surface area contributed by atoms with Gasteiger partial charge in [-0.2, -0.15) is 5.10 Å². The van der Waals surface area contributed by atoms with Gasteiger partial charge in [0.15, 0.2) is 16.4 Å². The van der Waals surface area contributed by atoms with Crippen LogP contribution in [-0.2, 0) is 14.6 Å². The lowest BCUT2D eigenvalue weighted by atomic mass is 10.1. The Bertz CT molecular complexity index is 1220. The normalized spacial score (nSPS) is 17.1. The summed E-state index contributed by atoms with van der Waals surface area (Å²) in [5, 5.41) is 7.80. The van der Waals surface area contributed by atoms with Crippen molar-refractivity contribution in [2.45, 2.75) is 12.5 Å². The maximum Gasteiger partial charge on any atom is 0.263 e. The van der Waals surface area contributed by atoms with Gasteiger partial charge in [-0.05, 0) is 42.8 Å².